The summed E-state index contributed by atoms with van der Waals surface area (Å²) in [5.41, 5.74) is 14.5. The highest BCUT2D eigenvalue weighted by atomic mass is 35.5. The van der Waals surface area contributed by atoms with Gasteiger partial charge in [-0.25, -0.2) is 9.98 Å². The van der Waals surface area contributed by atoms with Crippen molar-refractivity contribution in [2.45, 2.75) is 0 Å². The van der Waals surface area contributed by atoms with Gasteiger partial charge in [0.25, 0.3) is 0 Å². The lowest BCUT2D eigenvalue weighted by Crippen LogP contribution is -2.12. The predicted octanol–water partition coefficient (Wildman–Crippen LogP) is 4.74. The largest absolute Gasteiger partial charge is 0.457 e. The molecule has 0 unspecified atom stereocenters. The SMILES string of the molecule is NC(CCl)=Nc1cccc(-c2n[nH]c(-c3cccc(Oc4ccc(N)cc4)c3)n2)c1. The third-order valence-corrected chi connectivity index (χ3v) is 4.50. The van der Waals surface area contributed by atoms with Crippen molar-refractivity contribution in [3.05, 3.63) is 72.8 Å². The van der Waals surface area contributed by atoms with Crippen molar-refractivity contribution in [3.63, 3.8) is 0 Å². The standard InChI is InChI=1S/C22H19ClN6O/c23-13-20(25)26-17-5-1-3-14(11-17)21-27-22(29-28-21)15-4-2-6-19(12-15)30-18-9-7-16(24)8-10-18/h1-12H,13,24H2,(H2,25,26)(H,27,28,29). The second-order valence-electron chi connectivity index (χ2n) is 6.49. The third kappa shape index (κ3) is 4.59. The summed E-state index contributed by atoms with van der Waals surface area (Å²) in [4.78, 5) is 8.86. The van der Waals surface area contributed by atoms with Gasteiger partial charge < -0.3 is 16.2 Å². The number of hydrogen-bond donors (Lipinski definition) is 3. The first kappa shape index (κ1) is 19.5. The zero-order valence-corrected chi connectivity index (χ0v) is 16.7. The number of amidine groups is 1. The fraction of sp³-hybridized carbons (Fsp3) is 0.0455. The molecule has 1 aromatic heterocycles. The quantitative estimate of drug-likeness (QED) is 0.181. The van der Waals surface area contributed by atoms with Gasteiger partial charge in [0.1, 0.15) is 17.3 Å². The van der Waals surface area contributed by atoms with Crippen molar-refractivity contribution < 1.29 is 4.74 Å². The van der Waals surface area contributed by atoms with Crippen molar-refractivity contribution in [2.75, 3.05) is 11.6 Å². The number of nitrogen functional groups attached to an aromatic ring is 1. The van der Waals surface area contributed by atoms with Crippen molar-refractivity contribution in [2.24, 2.45) is 10.7 Å². The number of aromatic nitrogens is 3. The van der Waals surface area contributed by atoms with Crippen LogP contribution in [0, 0.1) is 0 Å². The summed E-state index contributed by atoms with van der Waals surface area (Å²) in [6, 6.07) is 22.3. The molecule has 4 aromatic rings. The summed E-state index contributed by atoms with van der Waals surface area (Å²) < 4.78 is 5.90. The number of H-pyrrole nitrogens is 1. The number of aliphatic imine (C=N–C) groups is 1. The monoisotopic (exact) mass is 418 g/mol. The second-order valence-corrected chi connectivity index (χ2v) is 6.76. The Morgan fingerprint density at radius 1 is 0.967 bits per heavy atom. The molecule has 0 spiro atoms. The Labute approximate surface area is 178 Å². The summed E-state index contributed by atoms with van der Waals surface area (Å²) in [6.45, 7) is 0. The molecule has 0 saturated heterocycles. The van der Waals surface area contributed by atoms with E-state index in [-0.39, 0.29) is 5.88 Å². The van der Waals surface area contributed by atoms with E-state index >= 15 is 0 Å². The van der Waals surface area contributed by atoms with Crippen LogP contribution in [0.15, 0.2) is 77.8 Å². The van der Waals surface area contributed by atoms with Crippen LogP contribution in [0.2, 0.25) is 0 Å². The Balaban J connectivity index is 1.57. The topological polar surface area (TPSA) is 115 Å². The molecule has 0 fully saturated rings. The molecule has 5 N–H and O–H groups in total. The van der Waals surface area contributed by atoms with Crippen molar-refractivity contribution in [1.29, 1.82) is 0 Å². The Bertz CT molecular complexity index is 1190. The van der Waals surface area contributed by atoms with Crippen LogP contribution in [0.3, 0.4) is 0 Å². The molecule has 3 aromatic carbocycles. The van der Waals surface area contributed by atoms with Crippen molar-refractivity contribution >= 4 is 28.8 Å². The van der Waals surface area contributed by atoms with Crippen LogP contribution in [0.4, 0.5) is 11.4 Å². The van der Waals surface area contributed by atoms with Gasteiger partial charge in [-0.15, -0.1) is 11.6 Å². The second kappa shape index (κ2) is 8.67. The number of halogens is 1. The fourth-order valence-corrected chi connectivity index (χ4v) is 2.87. The summed E-state index contributed by atoms with van der Waals surface area (Å²) in [5.74, 6) is 3.08. The number of alkyl halides is 1. The molecule has 8 heteroatoms. The van der Waals surface area contributed by atoms with Crippen LogP contribution < -0.4 is 16.2 Å². The molecular formula is C22H19ClN6O. The third-order valence-electron chi connectivity index (χ3n) is 4.22. The summed E-state index contributed by atoms with van der Waals surface area (Å²) >= 11 is 5.70. The van der Waals surface area contributed by atoms with Gasteiger partial charge in [-0.1, -0.05) is 24.3 Å². The Morgan fingerprint density at radius 3 is 2.53 bits per heavy atom. The Hall–Kier alpha value is -3.84. The number of anilines is 1. The molecule has 0 bridgehead atoms. The van der Waals surface area contributed by atoms with Gasteiger partial charge in [-0.05, 0) is 48.5 Å². The maximum Gasteiger partial charge on any atom is 0.181 e. The van der Waals surface area contributed by atoms with Gasteiger partial charge in [0.2, 0.25) is 0 Å². The molecule has 150 valence electrons. The smallest absolute Gasteiger partial charge is 0.181 e. The summed E-state index contributed by atoms with van der Waals surface area (Å²) in [5, 5.41) is 7.31. The molecule has 0 aliphatic carbocycles. The fourth-order valence-electron chi connectivity index (χ4n) is 2.81. The number of benzene rings is 3. The van der Waals surface area contributed by atoms with Crippen molar-refractivity contribution in [1.82, 2.24) is 15.2 Å². The summed E-state index contributed by atoms with van der Waals surface area (Å²) in [6.07, 6.45) is 0. The van der Waals surface area contributed by atoms with E-state index in [1.165, 1.54) is 0 Å². The molecule has 1 heterocycles. The maximum atomic E-state index is 5.90. The van der Waals surface area contributed by atoms with Gasteiger partial charge in [-0.2, -0.15) is 5.10 Å². The Kier molecular flexibility index (Phi) is 5.63. The Morgan fingerprint density at radius 2 is 1.73 bits per heavy atom. The van der Waals surface area contributed by atoms with Crippen LogP contribution in [-0.2, 0) is 0 Å². The molecule has 4 rings (SSSR count). The number of aromatic amines is 1. The minimum absolute atomic E-state index is 0.170. The van der Waals surface area contributed by atoms with Crippen LogP contribution in [0.25, 0.3) is 22.8 Å². The van der Waals surface area contributed by atoms with Crippen molar-refractivity contribution in [3.8, 4) is 34.3 Å². The molecule has 0 aliphatic rings. The van der Waals surface area contributed by atoms with E-state index in [9.17, 15) is 0 Å². The van der Waals surface area contributed by atoms with Gasteiger partial charge >= 0.3 is 0 Å². The molecule has 0 saturated carbocycles. The predicted molar refractivity (Wildman–Crippen MR) is 120 cm³/mol. The first-order valence-corrected chi connectivity index (χ1v) is 9.70. The van der Waals surface area contributed by atoms with E-state index in [1.807, 2.05) is 60.7 Å². The molecule has 0 radical (unpaired) electrons. The zero-order valence-electron chi connectivity index (χ0n) is 15.9. The molecule has 0 amide bonds. The lowest BCUT2D eigenvalue weighted by Gasteiger charge is -2.07. The van der Waals surface area contributed by atoms with Gasteiger partial charge in [0.05, 0.1) is 11.6 Å². The highest BCUT2D eigenvalue weighted by Crippen LogP contribution is 2.28. The lowest BCUT2D eigenvalue weighted by molar-refractivity contribution is 0.483. The average molecular weight is 419 g/mol. The molecule has 0 atom stereocenters. The van der Waals surface area contributed by atoms with Crippen LogP contribution in [0.5, 0.6) is 11.5 Å². The normalized spacial score (nSPS) is 11.4. The minimum Gasteiger partial charge on any atom is -0.457 e. The highest BCUT2D eigenvalue weighted by Gasteiger charge is 2.10. The minimum atomic E-state index is 0.170. The van der Waals surface area contributed by atoms with Gasteiger partial charge in [0, 0.05) is 16.8 Å². The molecular weight excluding hydrogens is 400 g/mol. The van der Waals surface area contributed by atoms with E-state index < -0.39 is 0 Å². The van der Waals surface area contributed by atoms with Crippen LogP contribution >= 0.6 is 11.6 Å². The number of ether oxygens (including phenoxy) is 1. The van der Waals surface area contributed by atoms with Crippen LogP contribution in [-0.4, -0.2) is 26.9 Å². The van der Waals surface area contributed by atoms with E-state index in [4.69, 9.17) is 27.8 Å². The average Bonchev–Trinajstić information content (AvgIpc) is 3.26. The maximum absolute atomic E-state index is 5.90. The number of nitrogens with two attached hydrogens (primary N) is 2. The van der Waals surface area contributed by atoms with Gasteiger partial charge in [-0.3, -0.25) is 5.10 Å². The highest BCUT2D eigenvalue weighted by molar-refractivity contribution is 6.28. The number of rotatable bonds is 6. The molecule has 7 nitrogen and oxygen atoms in total. The van der Waals surface area contributed by atoms with E-state index in [0.29, 0.717) is 40.4 Å². The number of hydrogen-bond acceptors (Lipinski definition) is 5. The van der Waals surface area contributed by atoms with Gasteiger partial charge in [0.15, 0.2) is 11.6 Å². The number of nitrogens with zero attached hydrogens (tertiary/aromatic N) is 3. The van der Waals surface area contributed by atoms with E-state index in [0.717, 1.165) is 11.1 Å². The van der Waals surface area contributed by atoms with Crippen LogP contribution in [0.1, 0.15) is 0 Å². The number of nitrogens with one attached hydrogen (secondary N) is 1. The van der Waals surface area contributed by atoms with E-state index in [1.54, 1.807) is 12.1 Å². The summed E-state index contributed by atoms with van der Waals surface area (Å²) in [7, 11) is 0. The first-order chi connectivity index (χ1) is 14.6. The molecule has 0 aliphatic heterocycles. The zero-order chi connectivity index (χ0) is 20.9. The lowest BCUT2D eigenvalue weighted by atomic mass is 10.2. The molecule has 30 heavy (non-hydrogen) atoms. The first-order valence-electron chi connectivity index (χ1n) is 9.16. The van der Waals surface area contributed by atoms with E-state index in [2.05, 4.69) is 20.2 Å².